The van der Waals surface area contributed by atoms with Crippen molar-refractivity contribution >= 4 is 63.0 Å². The van der Waals surface area contributed by atoms with Crippen LogP contribution in [0.2, 0.25) is 10.0 Å². The van der Waals surface area contributed by atoms with Gasteiger partial charge in [-0.1, -0.05) is 35.3 Å². The summed E-state index contributed by atoms with van der Waals surface area (Å²) in [5, 5.41) is 6.85. The van der Waals surface area contributed by atoms with Crippen molar-refractivity contribution in [2.45, 2.75) is 13.3 Å². The van der Waals surface area contributed by atoms with Crippen LogP contribution in [0.15, 0.2) is 48.5 Å². The number of esters is 1. The van der Waals surface area contributed by atoms with E-state index in [1.165, 1.54) is 7.11 Å². The summed E-state index contributed by atoms with van der Waals surface area (Å²) < 4.78 is 4.85. The molecule has 0 bridgehead atoms. The predicted molar refractivity (Wildman–Crippen MR) is 124 cm³/mol. The molecule has 0 spiro atoms. The van der Waals surface area contributed by atoms with Gasteiger partial charge >= 0.3 is 5.97 Å². The lowest BCUT2D eigenvalue weighted by molar-refractivity contribution is -0.115. The Labute approximate surface area is 193 Å². The van der Waals surface area contributed by atoms with E-state index in [9.17, 15) is 14.4 Å². The minimum atomic E-state index is -0.638. The molecular weight excluding hydrogens is 459 g/mol. The Balaban J connectivity index is 1.84. The molecule has 9 heteroatoms. The molecule has 0 radical (unpaired) electrons. The maximum atomic E-state index is 12.8. The van der Waals surface area contributed by atoms with Crippen molar-refractivity contribution in [3.63, 3.8) is 0 Å². The van der Waals surface area contributed by atoms with E-state index in [1.54, 1.807) is 55.5 Å². The summed E-state index contributed by atoms with van der Waals surface area (Å²) in [6.07, 6.45) is 0.0844. The molecule has 2 aromatic carbocycles. The maximum absolute atomic E-state index is 12.8. The summed E-state index contributed by atoms with van der Waals surface area (Å²) in [5.41, 5.74) is 1.88. The number of hydrogen-bond acceptors (Lipinski definition) is 5. The molecule has 2 amide bonds. The lowest BCUT2D eigenvalue weighted by atomic mass is 10.1. The first-order valence-corrected chi connectivity index (χ1v) is 10.7. The van der Waals surface area contributed by atoms with Crippen LogP contribution in [0.1, 0.15) is 31.2 Å². The molecule has 0 atom stereocenters. The highest BCUT2D eigenvalue weighted by Crippen LogP contribution is 2.34. The van der Waals surface area contributed by atoms with Gasteiger partial charge in [0, 0.05) is 15.7 Å². The Kier molecular flexibility index (Phi) is 7.33. The maximum Gasteiger partial charge on any atom is 0.341 e. The standard InChI is InChI=1S/C22H18Cl2N2O4S/c1-12-18(22(29)30-2)21(26-17(27)11-13-3-5-14(23)6-4-13)31-19(12)20(28)25-16-9-7-15(24)8-10-16/h3-10H,11H2,1-2H3,(H,25,28)(H,26,27). The predicted octanol–water partition coefficient (Wildman–Crippen LogP) is 5.58. The van der Waals surface area contributed by atoms with E-state index < -0.39 is 11.9 Å². The third kappa shape index (κ3) is 5.64. The molecule has 31 heavy (non-hydrogen) atoms. The Morgan fingerprint density at radius 3 is 2.10 bits per heavy atom. The summed E-state index contributed by atoms with van der Waals surface area (Å²) in [6, 6.07) is 13.5. The van der Waals surface area contributed by atoms with Crippen LogP contribution in [0.4, 0.5) is 10.7 Å². The van der Waals surface area contributed by atoms with Gasteiger partial charge in [0.15, 0.2) is 0 Å². The highest BCUT2D eigenvalue weighted by Gasteiger charge is 2.26. The number of carbonyl (C=O) groups excluding carboxylic acids is 3. The summed E-state index contributed by atoms with van der Waals surface area (Å²) in [7, 11) is 1.24. The zero-order valence-corrected chi connectivity index (χ0v) is 19.0. The summed E-state index contributed by atoms with van der Waals surface area (Å²) in [5.74, 6) is -1.38. The van der Waals surface area contributed by atoms with Gasteiger partial charge in [0.25, 0.3) is 5.91 Å². The van der Waals surface area contributed by atoms with Crippen molar-refractivity contribution in [3.05, 3.63) is 80.1 Å². The van der Waals surface area contributed by atoms with Crippen molar-refractivity contribution in [3.8, 4) is 0 Å². The molecule has 1 aromatic heterocycles. The number of thiophene rings is 1. The highest BCUT2D eigenvalue weighted by molar-refractivity contribution is 7.19. The van der Waals surface area contributed by atoms with E-state index in [-0.39, 0.29) is 27.8 Å². The van der Waals surface area contributed by atoms with E-state index in [2.05, 4.69) is 10.6 Å². The number of rotatable bonds is 6. The Bertz CT molecular complexity index is 1130. The van der Waals surface area contributed by atoms with E-state index in [1.807, 2.05) is 0 Å². The van der Waals surface area contributed by atoms with Gasteiger partial charge in [-0.3, -0.25) is 9.59 Å². The first-order valence-electron chi connectivity index (χ1n) is 9.11. The topological polar surface area (TPSA) is 84.5 Å². The Hall–Kier alpha value is -2.87. The van der Waals surface area contributed by atoms with Crippen molar-refractivity contribution in [1.29, 1.82) is 0 Å². The summed E-state index contributed by atoms with van der Waals surface area (Å²) in [6.45, 7) is 1.63. The Morgan fingerprint density at radius 1 is 0.935 bits per heavy atom. The molecule has 6 nitrogen and oxygen atoms in total. The van der Waals surface area contributed by atoms with Crippen LogP contribution < -0.4 is 10.6 Å². The van der Waals surface area contributed by atoms with Gasteiger partial charge in [0.05, 0.1) is 24.0 Å². The molecule has 0 aliphatic heterocycles. The molecule has 0 saturated heterocycles. The van der Waals surface area contributed by atoms with E-state index in [4.69, 9.17) is 27.9 Å². The monoisotopic (exact) mass is 476 g/mol. The van der Waals surface area contributed by atoms with E-state index in [0.29, 0.717) is 21.3 Å². The van der Waals surface area contributed by atoms with Crippen LogP contribution in [0.25, 0.3) is 0 Å². The van der Waals surface area contributed by atoms with Gasteiger partial charge in [0.2, 0.25) is 5.91 Å². The van der Waals surface area contributed by atoms with Crippen LogP contribution in [0.3, 0.4) is 0 Å². The second-order valence-electron chi connectivity index (χ2n) is 6.56. The third-order valence-corrected chi connectivity index (χ3v) is 6.09. The molecule has 0 aliphatic rings. The number of hydrogen-bond donors (Lipinski definition) is 2. The van der Waals surface area contributed by atoms with Gasteiger partial charge < -0.3 is 15.4 Å². The second kappa shape index (κ2) is 9.96. The van der Waals surface area contributed by atoms with Crippen LogP contribution in [-0.2, 0) is 16.0 Å². The largest absolute Gasteiger partial charge is 0.465 e. The van der Waals surface area contributed by atoms with Crippen molar-refractivity contribution < 1.29 is 19.1 Å². The van der Waals surface area contributed by atoms with E-state index >= 15 is 0 Å². The fourth-order valence-electron chi connectivity index (χ4n) is 2.85. The summed E-state index contributed by atoms with van der Waals surface area (Å²) >= 11 is 12.8. The number of nitrogens with one attached hydrogen (secondary N) is 2. The molecule has 0 aliphatic carbocycles. The number of amides is 2. The Morgan fingerprint density at radius 2 is 1.52 bits per heavy atom. The molecule has 0 unspecified atom stereocenters. The quantitative estimate of drug-likeness (QED) is 0.454. The number of halogens is 2. The number of carbonyl (C=O) groups is 3. The lowest BCUT2D eigenvalue weighted by Crippen LogP contribution is -2.16. The summed E-state index contributed by atoms with van der Waals surface area (Å²) in [4.78, 5) is 38.0. The average molecular weight is 477 g/mol. The second-order valence-corrected chi connectivity index (χ2v) is 8.46. The first-order chi connectivity index (χ1) is 14.8. The highest BCUT2D eigenvalue weighted by atomic mass is 35.5. The van der Waals surface area contributed by atoms with Crippen LogP contribution in [0, 0.1) is 6.92 Å². The molecule has 0 saturated carbocycles. The third-order valence-electron chi connectivity index (χ3n) is 4.38. The van der Waals surface area contributed by atoms with Gasteiger partial charge in [-0.25, -0.2) is 4.79 Å². The minimum Gasteiger partial charge on any atom is -0.465 e. The minimum absolute atomic E-state index is 0.0844. The normalized spacial score (nSPS) is 10.5. The fourth-order valence-corrected chi connectivity index (χ4v) is 4.20. The van der Waals surface area contributed by atoms with E-state index in [0.717, 1.165) is 16.9 Å². The lowest BCUT2D eigenvalue weighted by Gasteiger charge is -2.06. The van der Waals surface area contributed by atoms with Crippen LogP contribution in [0.5, 0.6) is 0 Å². The molecule has 0 fully saturated rings. The smallest absolute Gasteiger partial charge is 0.341 e. The number of ether oxygens (including phenoxy) is 1. The van der Waals surface area contributed by atoms with Crippen LogP contribution >= 0.6 is 34.5 Å². The molecule has 2 N–H and O–H groups in total. The number of methoxy groups -OCH3 is 1. The first kappa shape index (κ1) is 22.8. The van der Waals surface area contributed by atoms with Crippen molar-refractivity contribution in [2.24, 2.45) is 0 Å². The number of benzene rings is 2. The zero-order chi connectivity index (χ0) is 22.5. The van der Waals surface area contributed by atoms with Gasteiger partial charge in [-0.2, -0.15) is 0 Å². The molecule has 3 rings (SSSR count). The molecular formula is C22H18Cl2N2O4S. The molecule has 3 aromatic rings. The van der Waals surface area contributed by atoms with Crippen molar-refractivity contribution in [1.82, 2.24) is 0 Å². The van der Waals surface area contributed by atoms with Gasteiger partial charge in [0.1, 0.15) is 5.00 Å². The van der Waals surface area contributed by atoms with Gasteiger partial charge in [-0.05, 0) is 54.4 Å². The number of anilines is 2. The SMILES string of the molecule is COC(=O)c1c(NC(=O)Cc2ccc(Cl)cc2)sc(C(=O)Nc2ccc(Cl)cc2)c1C. The fraction of sp³-hybridized carbons (Fsp3) is 0.136. The van der Waals surface area contributed by atoms with Gasteiger partial charge in [-0.15, -0.1) is 11.3 Å². The molecule has 1 heterocycles. The zero-order valence-electron chi connectivity index (χ0n) is 16.6. The van der Waals surface area contributed by atoms with Crippen molar-refractivity contribution in [2.75, 3.05) is 17.7 Å². The van der Waals surface area contributed by atoms with Crippen LogP contribution in [-0.4, -0.2) is 24.9 Å². The average Bonchev–Trinajstić information content (AvgIpc) is 3.06. The molecule has 160 valence electrons.